The fourth-order valence-corrected chi connectivity index (χ4v) is 7.45. The van der Waals surface area contributed by atoms with Crippen molar-refractivity contribution in [3.05, 3.63) is 113 Å². The average molecular weight is 627 g/mol. The van der Waals surface area contributed by atoms with Crippen LogP contribution in [0.4, 0.5) is 18.9 Å². The maximum absolute atomic E-state index is 14.1. The van der Waals surface area contributed by atoms with Gasteiger partial charge in [0.15, 0.2) is 0 Å². The summed E-state index contributed by atoms with van der Waals surface area (Å²) < 4.78 is 43.3. The molecule has 0 spiro atoms. The first kappa shape index (κ1) is 30.3. The van der Waals surface area contributed by atoms with E-state index in [1.54, 1.807) is 36.1 Å². The lowest BCUT2D eigenvalue weighted by molar-refractivity contribution is -0.137. The summed E-state index contributed by atoms with van der Waals surface area (Å²) in [6, 6.07) is 22.4. The van der Waals surface area contributed by atoms with Crippen LogP contribution in [-0.4, -0.2) is 58.4 Å². The van der Waals surface area contributed by atoms with Crippen molar-refractivity contribution in [2.45, 2.75) is 57.9 Å². The van der Waals surface area contributed by atoms with Crippen LogP contribution in [0.25, 0.3) is 11.1 Å². The molecule has 4 aromatic rings. The SMILES string of the molecule is Cc1cc(C(=O)N2Cc3ccc(C(=O)N4CCC(N5CCCC5)CC4)n3Cc3ccccc32)ccc1-c1ccccc1C(F)(F)F. The van der Waals surface area contributed by atoms with Gasteiger partial charge in [0.1, 0.15) is 5.69 Å². The molecule has 0 bridgehead atoms. The van der Waals surface area contributed by atoms with Crippen LogP contribution < -0.4 is 4.90 Å². The summed E-state index contributed by atoms with van der Waals surface area (Å²) in [6.45, 7) is 6.25. The molecule has 0 saturated carbocycles. The van der Waals surface area contributed by atoms with Crippen LogP contribution in [0.2, 0.25) is 0 Å². The van der Waals surface area contributed by atoms with Gasteiger partial charge in [0.05, 0.1) is 18.7 Å². The number of carbonyl (C=O) groups excluding carboxylic acids is 2. The van der Waals surface area contributed by atoms with Crippen LogP contribution in [0.3, 0.4) is 0 Å². The molecule has 0 radical (unpaired) electrons. The number of amides is 2. The van der Waals surface area contributed by atoms with Gasteiger partial charge in [-0.15, -0.1) is 0 Å². The lowest BCUT2D eigenvalue weighted by atomic mass is 9.94. The van der Waals surface area contributed by atoms with E-state index in [0.717, 1.165) is 62.0 Å². The molecule has 0 atom stereocenters. The van der Waals surface area contributed by atoms with E-state index in [4.69, 9.17) is 0 Å². The van der Waals surface area contributed by atoms with E-state index in [1.807, 2.05) is 45.9 Å². The Labute approximate surface area is 267 Å². The molecule has 2 fully saturated rings. The number of benzene rings is 3. The maximum atomic E-state index is 14.1. The molecule has 9 heteroatoms. The number of likely N-dealkylation sites (tertiary alicyclic amines) is 2. The highest BCUT2D eigenvalue weighted by atomic mass is 19.4. The number of carbonyl (C=O) groups is 2. The minimum Gasteiger partial charge on any atom is -0.337 e. The number of rotatable bonds is 4. The molecular formula is C37H37F3N4O2. The second-order valence-electron chi connectivity index (χ2n) is 12.7. The van der Waals surface area contributed by atoms with Crippen LogP contribution in [0.5, 0.6) is 0 Å². The number of piperidine rings is 1. The van der Waals surface area contributed by atoms with Crippen molar-refractivity contribution in [3.8, 4) is 11.1 Å². The molecule has 46 heavy (non-hydrogen) atoms. The molecule has 2 amide bonds. The van der Waals surface area contributed by atoms with Crippen molar-refractivity contribution in [1.82, 2.24) is 14.4 Å². The first-order valence-electron chi connectivity index (χ1n) is 16.1. The Kier molecular flexibility index (Phi) is 7.97. The molecule has 238 valence electrons. The molecular weight excluding hydrogens is 589 g/mol. The van der Waals surface area contributed by atoms with Crippen LogP contribution in [0, 0.1) is 6.92 Å². The summed E-state index contributed by atoms with van der Waals surface area (Å²) in [5.74, 6) is -0.230. The minimum atomic E-state index is -4.49. The molecule has 1 aromatic heterocycles. The van der Waals surface area contributed by atoms with Crippen molar-refractivity contribution in [2.24, 2.45) is 0 Å². The molecule has 6 nitrogen and oxygen atoms in total. The molecule has 7 rings (SSSR count). The number of hydrogen-bond donors (Lipinski definition) is 0. The molecule has 0 unspecified atom stereocenters. The lowest BCUT2D eigenvalue weighted by Crippen LogP contribution is -2.46. The highest BCUT2D eigenvalue weighted by Gasteiger charge is 2.35. The van der Waals surface area contributed by atoms with Crippen LogP contribution in [0.15, 0.2) is 78.9 Å². The zero-order valence-electron chi connectivity index (χ0n) is 25.9. The van der Waals surface area contributed by atoms with Crippen LogP contribution >= 0.6 is 0 Å². The highest BCUT2D eigenvalue weighted by Crippen LogP contribution is 2.39. The van der Waals surface area contributed by atoms with Gasteiger partial charge in [-0.25, -0.2) is 0 Å². The second-order valence-corrected chi connectivity index (χ2v) is 12.7. The summed E-state index contributed by atoms with van der Waals surface area (Å²) in [7, 11) is 0. The highest BCUT2D eigenvalue weighted by molar-refractivity contribution is 6.07. The van der Waals surface area contributed by atoms with Crippen molar-refractivity contribution in [2.75, 3.05) is 31.1 Å². The molecule has 2 saturated heterocycles. The zero-order valence-corrected chi connectivity index (χ0v) is 25.9. The molecule has 4 heterocycles. The number of fused-ring (bicyclic) bond motifs is 2. The average Bonchev–Trinajstić information content (AvgIpc) is 3.71. The molecule has 3 aromatic carbocycles. The largest absolute Gasteiger partial charge is 0.417 e. The zero-order chi connectivity index (χ0) is 32.0. The van der Waals surface area contributed by atoms with E-state index in [9.17, 15) is 22.8 Å². The Bertz CT molecular complexity index is 1780. The van der Waals surface area contributed by atoms with Gasteiger partial charge in [-0.05, 0) is 104 Å². The number of hydrogen-bond acceptors (Lipinski definition) is 3. The van der Waals surface area contributed by atoms with Crippen LogP contribution in [0.1, 0.15) is 68.9 Å². The molecule has 3 aliphatic heterocycles. The van der Waals surface area contributed by atoms with Crippen LogP contribution in [-0.2, 0) is 19.3 Å². The van der Waals surface area contributed by atoms with E-state index in [2.05, 4.69) is 4.90 Å². The Morgan fingerprint density at radius 1 is 0.761 bits per heavy atom. The fraction of sp³-hybridized carbons (Fsp3) is 0.351. The first-order valence-corrected chi connectivity index (χ1v) is 16.1. The predicted octanol–water partition coefficient (Wildman–Crippen LogP) is 7.39. The minimum absolute atomic E-state index is 0.0220. The predicted molar refractivity (Wildman–Crippen MR) is 172 cm³/mol. The number of anilines is 1. The monoisotopic (exact) mass is 626 g/mol. The van der Waals surface area contributed by atoms with Gasteiger partial charge in [-0.3, -0.25) is 9.59 Å². The number of aromatic nitrogens is 1. The van der Waals surface area contributed by atoms with Gasteiger partial charge in [0, 0.05) is 36.1 Å². The van der Waals surface area contributed by atoms with Gasteiger partial charge in [-0.1, -0.05) is 42.5 Å². The van der Waals surface area contributed by atoms with E-state index < -0.39 is 11.7 Å². The third-order valence-corrected chi connectivity index (χ3v) is 9.87. The summed E-state index contributed by atoms with van der Waals surface area (Å²) in [4.78, 5) is 34.2. The Morgan fingerprint density at radius 2 is 1.48 bits per heavy atom. The molecule has 0 aliphatic carbocycles. The normalized spacial score (nSPS) is 17.5. The smallest absolute Gasteiger partial charge is 0.337 e. The van der Waals surface area contributed by atoms with Gasteiger partial charge in [0.2, 0.25) is 0 Å². The quantitative estimate of drug-likeness (QED) is 0.237. The number of para-hydroxylation sites is 1. The third-order valence-electron chi connectivity index (χ3n) is 9.87. The van der Waals surface area contributed by atoms with Gasteiger partial charge in [-0.2, -0.15) is 13.2 Å². The summed E-state index contributed by atoms with van der Waals surface area (Å²) in [5.41, 5.74) is 3.93. The van der Waals surface area contributed by atoms with E-state index in [0.29, 0.717) is 35.0 Å². The maximum Gasteiger partial charge on any atom is 0.417 e. The topological polar surface area (TPSA) is 48.8 Å². The summed E-state index contributed by atoms with van der Waals surface area (Å²) in [5, 5.41) is 0. The third kappa shape index (κ3) is 5.61. The van der Waals surface area contributed by atoms with Gasteiger partial charge in [0.25, 0.3) is 11.8 Å². The number of aryl methyl sites for hydroxylation is 1. The van der Waals surface area contributed by atoms with Gasteiger partial charge >= 0.3 is 6.18 Å². The first-order chi connectivity index (χ1) is 22.2. The van der Waals surface area contributed by atoms with E-state index in [-0.39, 0.29) is 23.9 Å². The Morgan fingerprint density at radius 3 is 2.22 bits per heavy atom. The van der Waals surface area contributed by atoms with E-state index in [1.165, 1.54) is 25.0 Å². The molecule has 3 aliphatic rings. The summed E-state index contributed by atoms with van der Waals surface area (Å²) >= 11 is 0. The lowest BCUT2D eigenvalue weighted by Gasteiger charge is -2.36. The summed E-state index contributed by atoms with van der Waals surface area (Å²) in [6.07, 6.45) is 0.0109. The Hall–Kier alpha value is -4.37. The van der Waals surface area contributed by atoms with Gasteiger partial charge < -0.3 is 19.3 Å². The number of nitrogens with zero attached hydrogens (tertiary/aromatic N) is 4. The van der Waals surface area contributed by atoms with Crippen molar-refractivity contribution in [3.63, 3.8) is 0 Å². The Balaban J connectivity index is 1.15. The fourth-order valence-electron chi connectivity index (χ4n) is 7.45. The standard InChI is InChI=1S/C37H37F3N4O2/c1-25-22-26(12-14-30(25)31-9-3-4-10-32(31)37(38,39)40)35(45)44-24-29-13-15-34(43(29)23-27-8-2-5-11-33(27)44)36(46)42-20-16-28(17-21-42)41-18-6-7-19-41/h2-5,8-15,22,28H,6-7,16-21,23-24H2,1H3. The number of alkyl halides is 3. The molecule has 0 N–H and O–H groups in total. The van der Waals surface area contributed by atoms with Crippen molar-refractivity contribution >= 4 is 17.5 Å². The van der Waals surface area contributed by atoms with E-state index >= 15 is 0 Å². The number of halogens is 3. The second kappa shape index (κ2) is 12.1. The van der Waals surface area contributed by atoms with Crippen molar-refractivity contribution in [1.29, 1.82) is 0 Å². The van der Waals surface area contributed by atoms with Crippen molar-refractivity contribution < 1.29 is 22.8 Å².